The van der Waals surface area contributed by atoms with E-state index in [1.807, 2.05) is 38.1 Å². The van der Waals surface area contributed by atoms with Crippen LogP contribution < -0.4 is 16.4 Å². The van der Waals surface area contributed by atoms with E-state index in [2.05, 4.69) is 10.6 Å². The lowest BCUT2D eigenvalue weighted by Crippen LogP contribution is -2.41. The molecule has 0 bridgehead atoms. The molecule has 2 atom stereocenters. The molecule has 0 saturated heterocycles. The highest BCUT2D eigenvalue weighted by Gasteiger charge is 2.29. The van der Waals surface area contributed by atoms with Crippen molar-refractivity contribution < 1.29 is 9.59 Å². The van der Waals surface area contributed by atoms with E-state index in [9.17, 15) is 9.59 Å². The van der Waals surface area contributed by atoms with Crippen LogP contribution in [0.15, 0.2) is 24.3 Å². The second kappa shape index (κ2) is 7.40. The van der Waals surface area contributed by atoms with E-state index in [4.69, 9.17) is 5.73 Å². The molecule has 22 heavy (non-hydrogen) atoms. The van der Waals surface area contributed by atoms with Gasteiger partial charge in [0.1, 0.15) is 0 Å². The molecule has 0 aromatic heterocycles. The Bertz CT molecular complexity index is 523. The smallest absolute Gasteiger partial charge is 0.237 e. The number of benzene rings is 1. The minimum atomic E-state index is -0.454. The molecule has 0 heterocycles. The molecule has 0 aliphatic heterocycles. The van der Waals surface area contributed by atoms with Gasteiger partial charge in [-0.1, -0.05) is 25.5 Å². The summed E-state index contributed by atoms with van der Waals surface area (Å²) in [5.74, 6) is 0.165. The predicted molar refractivity (Wildman–Crippen MR) is 87.2 cm³/mol. The molecule has 1 aliphatic rings. The summed E-state index contributed by atoms with van der Waals surface area (Å²) in [5.41, 5.74) is 7.59. The summed E-state index contributed by atoms with van der Waals surface area (Å²) < 4.78 is 0. The lowest BCUT2D eigenvalue weighted by molar-refractivity contribution is -0.123. The van der Waals surface area contributed by atoms with Crippen LogP contribution in [0.25, 0.3) is 0 Å². The standard InChI is InChI=1S/C17H25N3O2/c1-3-4-15(18)17(22)19-11(2)12-7-9-14(10-8-12)20-16(21)13-5-6-13/h7-11,13,15H,3-6,18H2,1-2H3,(H,19,22)(H,20,21). The number of hydrogen-bond acceptors (Lipinski definition) is 3. The van der Waals surface area contributed by atoms with Crippen LogP contribution >= 0.6 is 0 Å². The maximum Gasteiger partial charge on any atom is 0.237 e. The second-order valence-electron chi connectivity index (χ2n) is 6.01. The molecule has 0 radical (unpaired) electrons. The van der Waals surface area contributed by atoms with Gasteiger partial charge in [0.05, 0.1) is 12.1 Å². The van der Waals surface area contributed by atoms with Crippen LogP contribution in [0.4, 0.5) is 5.69 Å². The van der Waals surface area contributed by atoms with E-state index in [0.29, 0.717) is 6.42 Å². The molecule has 0 spiro atoms. The zero-order valence-corrected chi connectivity index (χ0v) is 13.3. The highest BCUT2D eigenvalue weighted by molar-refractivity contribution is 5.94. The molecular formula is C17H25N3O2. The van der Waals surface area contributed by atoms with Crippen molar-refractivity contribution in [2.24, 2.45) is 11.7 Å². The summed E-state index contributed by atoms with van der Waals surface area (Å²) in [6.45, 7) is 3.93. The van der Waals surface area contributed by atoms with Crippen molar-refractivity contribution in [1.82, 2.24) is 5.32 Å². The van der Waals surface area contributed by atoms with Gasteiger partial charge in [-0.15, -0.1) is 0 Å². The lowest BCUT2D eigenvalue weighted by Gasteiger charge is -2.18. The molecule has 1 aromatic carbocycles. The molecule has 2 amide bonds. The molecule has 5 heteroatoms. The first-order valence-corrected chi connectivity index (χ1v) is 7.98. The van der Waals surface area contributed by atoms with Gasteiger partial charge in [0.25, 0.3) is 0 Å². The van der Waals surface area contributed by atoms with Crippen molar-refractivity contribution in [2.45, 2.75) is 51.6 Å². The number of carbonyl (C=O) groups excluding carboxylic acids is 2. The molecule has 2 unspecified atom stereocenters. The van der Waals surface area contributed by atoms with Gasteiger partial charge < -0.3 is 16.4 Å². The largest absolute Gasteiger partial charge is 0.348 e. The van der Waals surface area contributed by atoms with Crippen LogP contribution in [0.2, 0.25) is 0 Å². The summed E-state index contributed by atoms with van der Waals surface area (Å²) in [6.07, 6.45) is 3.55. The first-order valence-electron chi connectivity index (χ1n) is 7.98. The van der Waals surface area contributed by atoms with Gasteiger partial charge in [0, 0.05) is 11.6 Å². The topological polar surface area (TPSA) is 84.2 Å². The summed E-state index contributed by atoms with van der Waals surface area (Å²) in [5, 5.41) is 5.82. The second-order valence-corrected chi connectivity index (χ2v) is 6.01. The normalized spacial score (nSPS) is 16.7. The Labute approximate surface area is 131 Å². The Morgan fingerprint density at radius 3 is 2.45 bits per heavy atom. The summed E-state index contributed by atoms with van der Waals surface area (Å²) in [7, 11) is 0. The maximum absolute atomic E-state index is 11.9. The maximum atomic E-state index is 11.9. The Morgan fingerprint density at radius 1 is 1.27 bits per heavy atom. The van der Waals surface area contributed by atoms with E-state index < -0.39 is 6.04 Å². The number of amides is 2. The molecule has 1 aliphatic carbocycles. The van der Waals surface area contributed by atoms with Crippen LogP contribution in [0, 0.1) is 5.92 Å². The van der Waals surface area contributed by atoms with Crippen LogP contribution in [-0.4, -0.2) is 17.9 Å². The summed E-state index contributed by atoms with van der Waals surface area (Å²) in [6, 6.07) is 7.00. The van der Waals surface area contributed by atoms with Crippen LogP contribution in [0.3, 0.4) is 0 Å². The Hall–Kier alpha value is -1.88. The third-order valence-electron chi connectivity index (χ3n) is 3.92. The van der Waals surface area contributed by atoms with Crippen molar-refractivity contribution in [3.05, 3.63) is 29.8 Å². The van der Waals surface area contributed by atoms with E-state index in [-0.39, 0.29) is 23.8 Å². The predicted octanol–water partition coefficient (Wildman–Crippen LogP) is 2.34. The number of nitrogens with two attached hydrogens (primary N) is 1. The van der Waals surface area contributed by atoms with Crippen LogP contribution in [0.1, 0.15) is 51.1 Å². The number of nitrogens with one attached hydrogen (secondary N) is 2. The third kappa shape index (κ3) is 4.56. The van der Waals surface area contributed by atoms with Gasteiger partial charge in [-0.3, -0.25) is 9.59 Å². The molecule has 120 valence electrons. The molecule has 1 fully saturated rings. The van der Waals surface area contributed by atoms with Gasteiger partial charge in [0.2, 0.25) is 11.8 Å². The van der Waals surface area contributed by atoms with Gasteiger partial charge in [0.15, 0.2) is 0 Å². The number of rotatable bonds is 7. The summed E-state index contributed by atoms with van der Waals surface area (Å²) >= 11 is 0. The average molecular weight is 303 g/mol. The van der Waals surface area contributed by atoms with Gasteiger partial charge >= 0.3 is 0 Å². The molecule has 5 nitrogen and oxygen atoms in total. The summed E-state index contributed by atoms with van der Waals surface area (Å²) in [4.78, 5) is 23.6. The molecular weight excluding hydrogens is 278 g/mol. The molecule has 4 N–H and O–H groups in total. The zero-order valence-electron chi connectivity index (χ0n) is 13.3. The van der Waals surface area contributed by atoms with Gasteiger partial charge in [-0.25, -0.2) is 0 Å². The monoisotopic (exact) mass is 303 g/mol. The molecule has 1 saturated carbocycles. The van der Waals surface area contributed by atoms with E-state index in [1.54, 1.807) is 0 Å². The quantitative estimate of drug-likeness (QED) is 0.723. The van der Waals surface area contributed by atoms with Crippen molar-refractivity contribution in [3.8, 4) is 0 Å². The fourth-order valence-corrected chi connectivity index (χ4v) is 2.29. The number of hydrogen-bond donors (Lipinski definition) is 3. The Kier molecular flexibility index (Phi) is 5.55. The van der Waals surface area contributed by atoms with Crippen LogP contribution in [0.5, 0.6) is 0 Å². The minimum Gasteiger partial charge on any atom is -0.348 e. The molecule has 1 aromatic rings. The Balaban J connectivity index is 1.88. The van der Waals surface area contributed by atoms with Gasteiger partial charge in [-0.05, 0) is 43.9 Å². The van der Waals surface area contributed by atoms with Crippen molar-refractivity contribution in [3.63, 3.8) is 0 Å². The van der Waals surface area contributed by atoms with Crippen molar-refractivity contribution in [1.29, 1.82) is 0 Å². The average Bonchev–Trinajstić information content (AvgIpc) is 3.32. The van der Waals surface area contributed by atoms with Crippen molar-refractivity contribution in [2.75, 3.05) is 5.32 Å². The fraction of sp³-hybridized carbons (Fsp3) is 0.529. The first-order chi connectivity index (χ1) is 10.5. The van der Waals surface area contributed by atoms with Crippen LogP contribution in [-0.2, 0) is 9.59 Å². The first kappa shape index (κ1) is 16.5. The third-order valence-corrected chi connectivity index (χ3v) is 3.92. The fourth-order valence-electron chi connectivity index (χ4n) is 2.29. The highest BCUT2D eigenvalue weighted by Crippen LogP contribution is 2.30. The van der Waals surface area contributed by atoms with E-state index >= 15 is 0 Å². The minimum absolute atomic E-state index is 0.0969. The zero-order chi connectivity index (χ0) is 16.1. The SMILES string of the molecule is CCCC(N)C(=O)NC(C)c1ccc(NC(=O)C2CC2)cc1. The number of anilines is 1. The van der Waals surface area contributed by atoms with Crippen molar-refractivity contribution >= 4 is 17.5 Å². The lowest BCUT2D eigenvalue weighted by atomic mass is 10.1. The molecule has 2 rings (SSSR count). The highest BCUT2D eigenvalue weighted by atomic mass is 16.2. The van der Waals surface area contributed by atoms with Gasteiger partial charge in [-0.2, -0.15) is 0 Å². The van der Waals surface area contributed by atoms with E-state index in [0.717, 1.165) is 30.5 Å². The Morgan fingerprint density at radius 2 is 1.91 bits per heavy atom. The van der Waals surface area contributed by atoms with E-state index in [1.165, 1.54) is 0 Å². The number of carbonyl (C=O) groups is 2.